The molecule has 0 unspecified atom stereocenters. The lowest BCUT2D eigenvalue weighted by atomic mass is 10.0. The Morgan fingerprint density at radius 2 is 1.87 bits per heavy atom. The fourth-order valence-electron chi connectivity index (χ4n) is 3.31. The van der Waals surface area contributed by atoms with Gasteiger partial charge in [0.1, 0.15) is 11.4 Å². The number of alkyl halides is 3. The monoisotopic (exact) mass is 412 g/mol. The predicted molar refractivity (Wildman–Crippen MR) is 105 cm³/mol. The summed E-state index contributed by atoms with van der Waals surface area (Å²) in [6.07, 6.45) is 2.31. The molecular weight excluding hydrogens is 393 g/mol. The minimum Gasteiger partial charge on any atom is -0.337 e. The van der Waals surface area contributed by atoms with Crippen molar-refractivity contribution >= 4 is 0 Å². The second-order valence-corrected chi connectivity index (χ2v) is 6.98. The Kier molecular flexibility index (Phi) is 5.35. The van der Waals surface area contributed by atoms with E-state index in [9.17, 15) is 13.2 Å². The minimum atomic E-state index is -4.59. The third-order valence-electron chi connectivity index (χ3n) is 4.87. The summed E-state index contributed by atoms with van der Waals surface area (Å²) in [6, 6.07) is 11.3. The first-order valence-electron chi connectivity index (χ1n) is 9.43. The van der Waals surface area contributed by atoms with E-state index in [-0.39, 0.29) is 11.3 Å². The molecule has 1 aromatic carbocycles. The van der Waals surface area contributed by atoms with Crippen molar-refractivity contribution in [3.8, 4) is 22.6 Å². The van der Waals surface area contributed by atoms with Gasteiger partial charge in [0.25, 0.3) is 0 Å². The van der Waals surface area contributed by atoms with Crippen molar-refractivity contribution < 1.29 is 13.2 Å². The Hall–Kier alpha value is -3.49. The summed E-state index contributed by atoms with van der Waals surface area (Å²) in [7, 11) is 0. The van der Waals surface area contributed by atoms with Crippen LogP contribution in [-0.4, -0.2) is 29.9 Å². The number of hydrogen-bond donors (Lipinski definition) is 1. The molecule has 0 radical (unpaired) electrons. The number of aromatic nitrogens is 6. The largest absolute Gasteiger partial charge is 0.437 e. The van der Waals surface area contributed by atoms with Crippen LogP contribution in [0.3, 0.4) is 0 Å². The highest BCUT2D eigenvalue weighted by Gasteiger charge is 2.38. The molecule has 0 saturated heterocycles. The van der Waals surface area contributed by atoms with Gasteiger partial charge in [-0.15, -0.1) is 0 Å². The molecule has 0 fully saturated rings. The molecule has 154 valence electrons. The number of nitrogens with one attached hydrogen (secondary N) is 1. The average molecular weight is 412 g/mol. The lowest BCUT2D eigenvalue weighted by Gasteiger charge is -2.06. The Labute approximate surface area is 170 Å². The first kappa shape index (κ1) is 19.8. The van der Waals surface area contributed by atoms with Gasteiger partial charge in [0, 0.05) is 24.5 Å². The van der Waals surface area contributed by atoms with Crippen LogP contribution < -0.4 is 0 Å². The first-order valence-corrected chi connectivity index (χ1v) is 9.43. The van der Waals surface area contributed by atoms with Crippen molar-refractivity contribution in [2.45, 2.75) is 32.5 Å². The van der Waals surface area contributed by atoms with Crippen LogP contribution in [0.4, 0.5) is 13.2 Å². The van der Waals surface area contributed by atoms with Gasteiger partial charge in [0.2, 0.25) is 0 Å². The summed E-state index contributed by atoms with van der Waals surface area (Å²) in [5, 5.41) is 8.94. The Balaban J connectivity index is 1.48. The summed E-state index contributed by atoms with van der Waals surface area (Å²) in [4.78, 5) is 8.61. The zero-order chi connectivity index (χ0) is 21.1. The fraction of sp³-hybridized carbons (Fsp3) is 0.238. The van der Waals surface area contributed by atoms with E-state index in [4.69, 9.17) is 0 Å². The number of hydrogen-bond acceptors (Lipinski definition) is 4. The molecule has 1 N–H and O–H groups in total. The van der Waals surface area contributed by atoms with Gasteiger partial charge in [-0.05, 0) is 43.0 Å². The summed E-state index contributed by atoms with van der Waals surface area (Å²) in [6.45, 7) is 2.88. The van der Waals surface area contributed by atoms with Gasteiger partial charge in [-0.3, -0.25) is 4.98 Å². The van der Waals surface area contributed by atoms with Gasteiger partial charge < -0.3 is 4.57 Å². The molecule has 0 saturated carbocycles. The van der Waals surface area contributed by atoms with Crippen LogP contribution in [0.1, 0.15) is 23.2 Å². The fourth-order valence-corrected chi connectivity index (χ4v) is 3.31. The number of aromatic amines is 1. The number of benzene rings is 1. The van der Waals surface area contributed by atoms with Crippen LogP contribution in [0, 0.1) is 6.92 Å². The Morgan fingerprint density at radius 3 is 2.67 bits per heavy atom. The van der Waals surface area contributed by atoms with E-state index in [1.54, 1.807) is 6.33 Å². The zero-order valence-electron chi connectivity index (χ0n) is 16.2. The molecule has 0 amide bonds. The number of rotatable bonds is 6. The van der Waals surface area contributed by atoms with Crippen LogP contribution in [-0.2, 0) is 19.1 Å². The number of aryl methyl sites for hydroxylation is 3. The summed E-state index contributed by atoms with van der Waals surface area (Å²) >= 11 is 0. The average Bonchev–Trinajstić information content (AvgIpc) is 3.39. The topological polar surface area (TPSA) is 72.3 Å². The second-order valence-electron chi connectivity index (χ2n) is 6.98. The summed E-state index contributed by atoms with van der Waals surface area (Å²) < 4.78 is 41.3. The van der Waals surface area contributed by atoms with E-state index in [0.29, 0.717) is 11.4 Å². The van der Waals surface area contributed by atoms with E-state index < -0.39 is 11.9 Å². The van der Waals surface area contributed by atoms with Crippen molar-refractivity contribution in [3.05, 3.63) is 71.9 Å². The number of H-pyrrole nitrogens is 1. The van der Waals surface area contributed by atoms with Crippen LogP contribution >= 0.6 is 0 Å². The molecule has 3 heterocycles. The van der Waals surface area contributed by atoms with Crippen molar-refractivity contribution in [1.82, 2.24) is 29.9 Å². The SMILES string of the molecule is Cc1ccccc1CCCn1cnc(-c2cc(-c3n[nH]nc3C(F)(F)F)ccn2)c1. The molecular formula is C21H19F3N6. The molecule has 0 spiro atoms. The maximum atomic E-state index is 13.1. The molecule has 4 aromatic rings. The van der Waals surface area contributed by atoms with Crippen molar-refractivity contribution in [1.29, 1.82) is 0 Å². The van der Waals surface area contributed by atoms with E-state index in [1.165, 1.54) is 29.5 Å². The number of nitrogens with zero attached hydrogens (tertiary/aromatic N) is 5. The Bertz CT molecular complexity index is 1150. The molecule has 30 heavy (non-hydrogen) atoms. The quantitative estimate of drug-likeness (QED) is 0.499. The molecule has 6 nitrogen and oxygen atoms in total. The minimum absolute atomic E-state index is 0.260. The van der Waals surface area contributed by atoms with Crippen LogP contribution in [0.25, 0.3) is 22.6 Å². The van der Waals surface area contributed by atoms with Gasteiger partial charge in [-0.25, -0.2) is 4.98 Å². The Morgan fingerprint density at radius 1 is 1.03 bits per heavy atom. The second kappa shape index (κ2) is 8.10. The van der Waals surface area contributed by atoms with Crippen LogP contribution in [0.2, 0.25) is 0 Å². The number of imidazole rings is 1. The third-order valence-corrected chi connectivity index (χ3v) is 4.87. The summed E-state index contributed by atoms with van der Waals surface area (Å²) in [5.74, 6) is 0. The smallest absolute Gasteiger partial charge is 0.337 e. The molecule has 0 atom stereocenters. The highest BCUT2D eigenvalue weighted by molar-refractivity contribution is 5.67. The molecule has 3 aromatic heterocycles. The lowest BCUT2D eigenvalue weighted by molar-refractivity contribution is -0.140. The van der Waals surface area contributed by atoms with E-state index in [1.807, 2.05) is 28.1 Å². The maximum absolute atomic E-state index is 13.1. The van der Waals surface area contributed by atoms with Crippen molar-refractivity contribution in [2.75, 3.05) is 0 Å². The van der Waals surface area contributed by atoms with E-state index in [2.05, 4.69) is 39.2 Å². The lowest BCUT2D eigenvalue weighted by Crippen LogP contribution is -2.07. The molecule has 9 heteroatoms. The molecule has 0 aliphatic rings. The predicted octanol–water partition coefficient (Wildman–Crippen LogP) is 4.69. The maximum Gasteiger partial charge on any atom is 0.437 e. The van der Waals surface area contributed by atoms with Gasteiger partial charge in [-0.1, -0.05) is 24.3 Å². The summed E-state index contributed by atoms with van der Waals surface area (Å²) in [5.41, 5.74) is 2.61. The number of pyridine rings is 1. The van der Waals surface area contributed by atoms with Gasteiger partial charge >= 0.3 is 6.18 Å². The highest BCUT2D eigenvalue weighted by atomic mass is 19.4. The van der Waals surface area contributed by atoms with Gasteiger partial charge in [0.05, 0.1) is 12.0 Å². The molecule has 4 rings (SSSR count). The first-order chi connectivity index (χ1) is 14.4. The van der Waals surface area contributed by atoms with Gasteiger partial charge in [-0.2, -0.15) is 28.6 Å². The van der Waals surface area contributed by atoms with Crippen molar-refractivity contribution in [3.63, 3.8) is 0 Å². The van der Waals surface area contributed by atoms with Gasteiger partial charge in [0.15, 0.2) is 5.69 Å². The third kappa shape index (κ3) is 4.24. The zero-order valence-corrected chi connectivity index (χ0v) is 16.2. The molecule has 0 aliphatic carbocycles. The molecule has 0 bridgehead atoms. The normalized spacial score (nSPS) is 11.7. The van der Waals surface area contributed by atoms with E-state index >= 15 is 0 Å². The van der Waals surface area contributed by atoms with Crippen molar-refractivity contribution in [2.24, 2.45) is 0 Å². The van der Waals surface area contributed by atoms with E-state index in [0.717, 1.165) is 19.4 Å². The van der Waals surface area contributed by atoms with Crippen LogP contribution in [0.5, 0.6) is 0 Å². The standard InChI is InChI=1S/C21H19F3N6/c1-14-5-2-3-6-15(14)7-4-10-30-12-18(26-13-30)17-11-16(8-9-25-17)19-20(21(22,23)24)28-29-27-19/h2-3,5-6,8-9,11-13H,4,7,10H2,1H3,(H,27,28,29). The molecule has 0 aliphatic heterocycles. The number of halogens is 3. The van der Waals surface area contributed by atoms with Crippen LogP contribution in [0.15, 0.2) is 55.1 Å². The highest BCUT2D eigenvalue weighted by Crippen LogP contribution is 2.34.